The minimum absolute atomic E-state index is 0.145. The van der Waals surface area contributed by atoms with Gasteiger partial charge in [-0.1, -0.05) is 43.5 Å². The summed E-state index contributed by atoms with van der Waals surface area (Å²) in [5, 5.41) is -0.531. The third-order valence-corrected chi connectivity index (χ3v) is 3.40. The highest BCUT2D eigenvalue weighted by atomic mass is 35.5. The maximum Gasteiger partial charge on any atom is 0.344 e. The molecular weight excluding hydrogens is 322 g/mol. The fourth-order valence-corrected chi connectivity index (χ4v) is 1.96. The molecule has 1 aromatic heterocycles. The minimum atomic E-state index is -1.02. The standard InChI is InChI=1S/C13H17Cl2FN2O3/c1-3-4-7(2)5-20-8(19)6-21-13-10(15)11(17)9(14)12(16)18-13/h7H,3-6H2,1-2H3,(H2,17,18). The van der Waals surface area contributed by atoms with Gasteiger partial charge in [-0.25, -0.2) is 4.79 Å². The number of anilines is 1. The molecule has 0 saturated heterocycles. The summed E-state index contributed by atoms with van der Waals surface area (Å²) >= 11 is 11.3. The number of carbonyl (C=O) groups is 1. The molecule has 118 valence electrons. The molecule has 1 rings (SSSR count). The number of pyridine rings is 1. The second-order valence-electron chi connectivity index (χ2n) is 4.61. The van der Waals surface area contributed by atoms with Gasteiger partial charge in [0.05, 0.1) is 12.3 Å². The minimum Gasteiger partial charge on any atom is -0.464 e. The van der Waals surface area contributed by atoms with E-state index in [0.717, 1.165) is 12.8 Å². The first kappa shape index (κ1) is 17.8. The molecule has 5 nitrogen and oxygen atoms in total. The molecule has 8 heteroatoms. The van der Waals surface area contributed by atoms with Crippen LogP contribution < -0.4 is 10.5 Å². The summed E-state index contributed by atoms with van der Waals surface area (Å²) in [7, 11) is 0. The number of nitrogens with two attached hydrogens (primary N) is 1. The van der Waals surface area contributed by atoms with Crippen LogP contribution in [-0.2, 0) is 9.53 Å². The number of hydrogen-bond acceptors (Lipinski definition) is 5. The molecule has 1 atom stereocenters. The van der Waals surface area contributed by atoms with Crippen molar-refractivity contribution in [3.63, 3.8) is 0 Å². The summed E-state index contributed by atoms with van der Waals surface area (Å²) in [5.41, 5.74) is 5.29. The number of esters is 1. The summed E-state index contributed by atoms with van der Waals surface area (Å²) in [6.07, 6.45) is 1.97. The molecule has 0 aliphatic carbocycles. The first-order valence-corrected chi connectivity index (χ1v) is 7.20. The Balaban J connectivity index is 2.54. The Bertz CT molecular complexity index is 515. The Morgan fingerprint density at radius 1 is 1.43 bits per heavy atom. The molecule has 0 saturated carbocycles. The lowest BCUT2D eigenvalue weighted by molar-refractivity contribution is -0.147. The Labute approximate surface area is 132 Å². The van der Waals surface area contributed by atoms with Crippen LogP contribution in [-0.4, -0.2) is 24.2 Å². The third kappa shape index (κ3) is 5.21. The first-order chi connectivity index (χ1) is 9.86. The van der Waals surface area contributed by atoms with Crippen molar-refractivity contribution in [3.8, 4) is 5.88 Å². The fraction of sp³-hybridized carbons (Fsp3) is 0.538. The zero-order valence-electron chi connectivity index (χ0n) is 11.8. The van der Waals surface area contributed by atoms with Crippen LogP contribution in [0.25, 0.3) is 0 Å². The molecule has 0 aliphatic heterocycles. The Morgan fingerprint density at radius 3 is 2.71 bits per heavy atom. The Hall–Kier alpha value is -1.27. The Kier molecular flexibility index (Phi) is 6.98. The first-order valence-electron chi connectivity index (χ1n) is 6.45. The van der Waals surface area contributed by atoms with Crippen molar-refractivity contribution in [3.05, 3.63) is 16.0 Å². The van der Waals surface area contributed by atoms with Gasteiger partial charge in [-0.15, -0.1) is 0 Å². The molecule has 1 unspecified atom stereocenters. The van der Waals surface area contributed by atoms with Gasteiger partial charge < -0.3 is 15.2 Å². The molecule has 0 aromatic carbocycles. The number of nitrogens with zero attached hydrogens (tertiary/aromatic N) is 1. The van der Waals surface area contributed by atoms with E-state index < -0.39 is 18.5 Å². The van der Waals surface area contributed by atoms with Gasteiger partial charge in [0.25, 0.3) is 0 Å². The molecule has 0 spiro atoms. The highest BCUT2D eigenvalue weighted by molar-refractivity contribution is 6.39. The second-order valence-corrected chi connectivity index (χ2v) is 5.37. The van der Waals surface area contributed by atoms with E-state index in [1.165, 1.54) is 0 Å². The van der Waals surface area contributed by atoms with Gasteiger partial charge in [-0.05, 0) is 12.3 Å². The summed E-state index contributed by atoms with van der Waals surface area (Å²) in [6.45, 7) is 3.89. The quantitative estimate of drug-likeness (QED) is 0.608. The van der Waals surface area contributed by atoms with Gasteiger partial charge in [0.2, 0.25) is 11.8 Å². The van der Waals surface area contributed by atoms with Gasteiger partial charge in [0, 0.05) is 0 Å². The highest BCUT2D eigenvalue weighted by Gasteiger charge is 2.17. The number of nitrogen functional groups attached to an aromatic ring is 1. The largest absolute Gasteiger partial charge is 0.464 e. The summed E-state index contributed by atoms with van der Waals surface area (Å²) < 4.78 is 23.3. The zero-order chi connectivity index (χ0) is 16.0. The van der Waals surface area contributed by atoms with Crippen LogP contribution >= 0.6 is 23.2 Å². The van der Waals surface area contributed by atoms with E-state index in [-0.39, 0.29) is 27.5 Å². The average molecular weight is 339 g/mol. The van der Waals surface area contributed by atoms with E-state index in [1.54, 1.807) is 0 Å². The van der Waals surface area contributed by atoms with E-state index in [2.05, 4.69) is 11.9 Å². The Morgan fingerprint density at radius 2 is 2.10 bits per heavy atom. The van der Waals surface area contributed by atoms with Crippen molar-refractivity contribution in [2.45, 2.75) is 26.7 Å². The molecule has 0 radical (unpaired) electrons. The molecule has 1 heterocycles. The summed E-state index contributed by atoms with van der Waals surface area (Å²) in [5.74, 6) is -1.64. The topological polar surface area (TPSA) is 74.4 Å². The van der Waals surface area contributed by atoms with Crippen molar-refractivity contribution in [2.24, 2.45) is 5.92 Å². The van der Waals surface area contributed by atoms with Crippen LogP contribution in [0, 0.1) is 11.9 Å². The van der Waals surface area contributed by atoms with E-state index in [0.29, 0.717) is 6.61 Å². The number of halogens is 3. The van der Waals surface area contributed by atoms with Gasteiger partial charge in [-0.3, -0.25) is 0 Å². The van der Waals surface area contributed by atoms with Crippen molar-refractivity contribution >= 4 is 34.9 Å². The molecular formula is C13H17Cl2FN2O3. The SMILES string of the molecule is CCCC(C)COC(=O)COc1nc(F)c(Cl)c(N)c1Cl. The second kappa shape index (κ2) is 8.24. The number of ether oxygens (including phenoxy) is 2. The molecule has 21 heavy (non-hydrogen) atoms. The number of carbonyl (C=O) groups excluding carboxylic acids is 1. The number of hydrogen-bond donors (Lipinski definition) is 1. The molecule has 2 N–H and O–H groups in total. The lowest BCUT2D eigenvalue weighted by atomic mass is 10.1. The van der Waals surface area contributed by atoms with Crippen molar-refractivity contribution in [2.75, 3.05) is 18.9 Å². The monoisotopic (exact) mass is 338 g/mol. The maximum atomic E-state index is 13.3. The van der Waals surface area contributed by atoms with Crippen LogP contribution in [0.2, 0.25) is 10.0 Å². The van der Waals surface area contributed by atoms with Crippen LogP contribution in [0.3, 0.4) is 0 Å². The lowest BCUT2D eigenvalue weighted by Crippen LogP contribution is -2.19. The normalized spacial score (nSPS) is 12.0. The van der Waals surface area contributed by atoms with E-state index in [1.807, 2.05) is 6.92 Å². The molecule has 0 aliphatic rings. The van der Waals surface area contributed by atoms with Crippen molar-refractivity contribution in [1.82, 2.24) is 4.98 Å². The summed E-state index contributed by atoms with van der Waals surface area (Å²) in [6, 6.07) is 0. The van der Waals surface area contributed by atoms with Crippen LogP contribution in [0.15, 0.2) is 0 Å². The van der Waals surface area contributed by atoms with E-state index >= 15 is 0 Å². The summed E-state index contributed by atoms with van der Waals surface area (Å²) in [4.78, 5) is 14.9. The predicted octanol–water partition coefficient (Wildman–Crippen LogP) is 3.47. The molecule has 1 aromatic rings. The molecule has 0 fully saturated rings. The van der Waals surface area contributed by atoms with Crippen molar-refractivity contribution in [1.29, 1.82) is 0 Å². The van der Waals surface area contributed by atoms with Crippen LogP contribution in [0.4, 0.5) is 10.1 Å². The fourth-order valence-electron chi connectivity index (χ4n) is 1.59. The van der Waals surface area contributed by atoms with Crippen molar-refractivity contribution < 1.29 is 18.7 Å². The maximum absolute atomic E-state index is 13.3. The number of rotatable bonds is 7. The van der Waals surface area contributed by atoms with Gasteiger partial charge in [0.15, 0.2) is 6.61 Å². The lowest BCUT2D eigenvalue weighted by Gasteiger charge is -2.12. The smallest absolute Gasteiger partial charge is 0.344 e. The van der Waals surface area contributed by atoms with E-state index in [9.17, 15) is 9.18 Å². The molecule has 0 bridgehead atoms. The number of aromatic nitrogens is 1. The van der Waals surface area contributed by atoms with Gasteiger partial charge in [0.1, 0.15) is 10.0 Å². The van der Waals surface area contributed by atoms with Gasteiger partial charge >= 0.3 is 5.97 Å². The predicted molar refractivity (Wildman–Crippen MR) is 79.2 cm³/mol. The van der Waals surface area contributed by atoms with Crippen LogP contribution in [0.5, 0.6) is 5.88 Å². The van der Waals surface area contributed by atoms with E-state index in [4.69, 9.17) is 38.4 Å². The van der Waals surface area contributed by atoms with Crippen LogP contribution in [0.1, 0.15) is 26.7 Å². The van der Waals surface area contributed by atoms with Gasteiger partial charge in [-0.2, -0.15) is 9.37 Å². The third-order valence-electron chi connectivity index (χ3n) is 2.68. The molecule has 0 amide bonds. The zero-order valence-corrected chi connectivity index (χ0v) is 13.3. The average Bonchev–Trinajstić information content (AvgIpc) is 2.45. The highest BCUT2D eigenvalue weighted by Crippen LogP contribution is 2.35.